The first kappa shape index (κ1) is 15.3. The first-order chi connectivity index (χ1) is 11.8. The lowest BCUT2D eigenvalue weighted by molar-refractivity contribution is -0.125. The molecule has 3 heterocycles. The quantitative estimate of drug-likeness (QED) is 0.907. The summed E-state index contributed by atoms with van der Waals surface area (Å²) in [4.78, 5) is 15.2. The summed E-state index contributed by atoms with van der Waals surface area (Å²) >= 11 is 0. The van der Waals surface area contributed by atoms with Gasteiger partial charge in [0.15, 0.2) is 0 Å². The van der Waals surface area contributed by atoms with Crippen molar-refractivity contribution in [1.29, 1.82) is 0 Å². The standard InChI is InChI=1S/C18H23N5O/c24-18(19-8-11-22-12-9-20-21-22)15-13-17(14-5-2-1-3-6-14)23-10-4-7-16(15)23/h1-3,5-6,9,12,15-17H,4,7-8,10-11,13H2,(H,19,24)/t15-,16+,17-/m0/s1. The Labute approximate surface area is 141 Å². The van der Waals surface area contributed by atoms with Crippen LogP contribution in [0, 0.1) is 5.92 Å². The van der Waals surface area contributed by atoms with Crippen LogP contribution in [-0.4, -0.2) is 44.9 Å². The van der Waals surface area contributed by atoms with E-state index in [4.69, 9.17) is 0 Å². The van der Waals surface area contributed by atoms with E-state index in [1.165, 1.54) is 12.0 Å². The molecule has 4 rings (SSSR count). The summed E-state index contributed by atoms with van der Waals surface area (Å²) in [6.45, 7) is 2.36. The van der Waals surface area contributed by atoms with E-state index in [1.54, 1.807) is 10.9 Å². The average molecular weight is 325 g/mol. The van der Waals surface area contributed by atoms with E-state index in [2.05, 4.69) is 44.8 Å². The van der Waals surface area contributed by atoms with E-state index in [1.807, 2.05) is 12.3 Å². The molecule has 2 saturated heterocycles. The van der Waals surface area contributed by atoms with Crippen molar-refractivity contribution in [3.8, 4) is 0 Å². The van der Waals surface area contributed by atoms with Gasteiger partial charge >= 0.3 is 0 Å². The number of nitrogens with zero attached hydrogens (tertiary/aromatic N) is 4. The van der Waals surface area contributed by atoms with Crippen LogP contribution in [0.25, 0.3) is 0 Å². The number of hydrogen-bond donors (Lipinski definition) is 1. The van der Waals surface area contributed by atoms with E-state index in [-0.39, 0.29) is 11.8 Å². The van der Waals surface area contributed by atoms with Gasteiger partial charge in [0.25, 0.3) is 0 Å². The van der Waals surface area contributed by atoms with Crippen LogP contribution < -0.4 is 5.32 Å². The lowest BCUT2D eigenvalue weighted by Crippen LogP contribution is -2.38. The summed E-state index contributed by atoms with van der Waals surface area (Å²) in [5.41, 5.74) is 1.34. The number of rotatable bonds is 5. The number of carbonyl (C=O) groups excluding carboxylic acids is 1. The second-order valence-electron chi connectivity index (χ2n) is 6.67. The molecule has 0 spiro atoms. The predicted octanol–water partition coefficient (Wildman–Crippen LogP) is 1.62. The Bertz CT molecular complexity index is 672. The van der Waals surface area contributed by atoms with Crippen LogP contribution in [0.1, 0.15) is 30.9 Å². The minimum atomic E-state index is 0.0912. The highest BCUT2D eigenvalue weighted by molar-refractivity contribution is 5.80. The maximum atomic E-state index is 12.7. The maximum Gasteiger partial charge on any atom is 0.224 e. The van der Waals surface area contributed by atoms with Gasteiger partial charge in [-0.15, -0.1) is 5.10 Å². The molecule has 2 aliphatic rings. The molecule has 0 unspecified atom stereocenters. The zero-order chi connectivity index (χ0) is 16.4. The molecule has 1 aromatic heterocycles. The second-order valence-corrected chi connectivity index (χ2v) is 6.67. The molecule has 1 amide bonds. The highest BCUT2D eigenvalue weighted by Crippen LogP contribution is 2.44. The number of hydrogen-bond acceptors (Lipinski definition) is 4. The summed E-state index contributed by atoms with van der Waals surface area (Å²) < 4.78 is 1.74. The van der Waals surface area contributed by atoms with Gasteiger partial charge in [0.2, 0.25) is 5.91 Å². The second kappa shape index (κ2) is 6.73. The Hall–Kier alpha value is -2.21. The monoisotopic (exact) mass is 325 g/mol. The SMILES string of the molecule is O=C(NCCn1ccnn1)[C@H]1C[C@@H](c2ccccc2)N2CCC[C@H]12. The molecule has 1 aromatic carbocycles. The fourth-order valence-corrected chi connectivity index (χ4v) is 4.23. The van der Waals surface area contributed by atoms with Gasteiger partial charge < -0.3 is 5.32 Å². The Morgan fingerprint density at radius 1 is 1.29 bits per heavy atom. The van der Waals surface area contributed by atoms with Crippen molar-refractivity contribution < 1.29 is 4.79 Å². The topological polar surface area (TPSA) is 63.1 Å². The smallest absolute Gasteiger partial charge is 0.224 e. The molecule has 2 fully saturated rings. The largest absolute Gasteiger partial charge is 0.354 e. The van der Waals surface area contributed by atoms with Gasteiger partial charge in [0.1, 0.15) is 0 Å². The first-order valence-corrected chi connectivity index (χ1v) is 8.75. The van der Waals surface area contributed by atoms with E-state index >= 15 is 0 Å². The third kappa shape index (κ3) is 2.94. The zero-order valence-electron chi connectivity index (χ0n) is 13.7. The molecule has 0 aliphatic carbocycles. The molecular formula is C18H23N5O. The van der Waals surface area contributed by atoms with Crippen molar-refractivity contribution in [1.82, 2.24) is 25.2 Å². The van der Waals surface area contributed by atoms with Crippen molar-refractivity contribution in [2.75, 3.05) is 13.1 Å². The van der Waals surface area contributed by atoms with Crippen LogP contribution in [0.15, 0.2) is 42.7 Å². The van der Waals surface area contributed by atoms with Crippen LogP contribution in [0.5, 0.6) is 0 Å². The number of amides is 1. The molecule has 24 heavy (non-hydrogen) atoms. The third-order valence-electron chi connectivity index (χ3n) is 5.32. The highest BCUT2D eigenvalue weighted by Gasteiger charge is 2.46. The highest BCUT2D eigenvalue weighted by atomic mass is 16.2. The van der Waals surface area contributed by atoms with Gasteiger partial charge in [-0.25, -0.2) is 0 Å². The Kier molecular flexibility index (Phi) is 4.30. The van der Waals surface area contributed by atoms with Crippen LogP contribution in [0.4, 0.5) is 0 Å². The minimum absolute atomic E-state index is 0.0912. The van der Waals surface area contributed by atoms with E-state index in [0.29, 0.717) is 25.2 Å². The molecular weight excluding hydrogens is 302 g/mol. The van der Waals surface area contributed by atoms with Gasteiger partial charge in [-0.3, -0.25) is 14.4 Å². The van der Waals surface area contributed by atoms with Crippen molar-refractivity contribution in [3.63, 3.8) is 0 Å². The fourth-order valence-electron chi connectivity index (χ4n) is 4.23. The number of benzene rings is 1. The normalized spacial score (nSPS) is 26.4. The summed E-state index contributed by atoms with van der Waals surface area (Å²) in [6, 6.07) is 11.4. The number of fused-ring (bicyclic) bond motifs is 1. The van der Waals surface area contributed by atoms with E-state index in [0.717, 1.165) is 19.4 Å². The molecule has 1 N–H and O–H groups in total. The van der Waals surface area contributed by atoms with Crippen LogP contribution in [0.2, 0.25) is 0 Å². The number of aromatic nitrogens is 3. The minimum Gasteiger partial charge on any atom is -0.354 e. The summed E-state index contributed by atoms with van der Waals surface area (Å²) in [7, 11) is 0. The summed E-state index contributed by atoms with van der Waals surface area (Å²) in [6.07, 6.45) is 6.70. The van der Waals surface area contributed by atoms with E-state index < -0.39 is 0 Å². The fraction of sp³-hybridized carbons (Fsp3) is 0.500. The number of nitrogens with one attached hydrogen (secondary N) is 1. The van der Waals surface area contributed by atoms with E-state index in [9.17, 15) is 4.79 Å². The lowest BCUT2D eigenvalue weighted by atomic mass is 9.93. The van der Waals surface area contributed by atoms with Crippen molar-refractivity contribution in [2.24, 2.45) is 5.92 Å². The Balaban J connectivity index is 1.40. The van der Waals surface area contributed by atoms with Crippen molar-refractivity contribution in [2.45, 2.75) is 37.9 Å². The molecule has 3 atom stereocenters. The molecule has 6 heteroatoms. The van der Waals surface area contributed by atoms with Gasteiger partial charge in [-0.05, 0) is 31.4 Å². The molecule has 2 aliphatic heterocycles. The zero-order valence-corrected chi connectivity index (χ0v) is 13.7. The molecule has 0 radical (unpaired) electrons. The van der Waals surface area contributed by atoms with Crippen LogP contribution in [0.3, 0.4) is 0 Å². The van der Waals surface area contributed by atoms with Crippen LogP contribution >= 0.6 is 0 Å². The van der Waals surface area contributed by atoms with Gasteiger partial charge in [-0.1, -0.05) is 35.5 Å². The molecule has 6 nitrogen and oxygen atoms in total. The molecule has 0 bridgehead atoms. The predicted molar refractivity (Wildman–Crippen MR) is 90.0 cm³/mol. The maximum absolute atomic E-state index is 12.7. The average Bonchev–Trinajstić information content (AvgIpc) is 3.33. The summed E-state index contributed by atoms with van der Waals surface area (Å²) in [5.74, 6) is 0.277. The van der Waals surface area contributed by atoms with Gasteiger partial charge in [0.05, 0.1) is 18.7 Å². The first-order valence-electron chi connectivity index (χ1n) is 8.75. The lowest BCUT2D eigenvalue weighted by Gasteiger charge is -2.24. The molecule has 126 valence electrons. The van der Waals surface area contributed by atoms with Gasteiger partial charge in [0, 0.05) is 24.8 Å². The summed E-state index contributed by atoms with van der Waals surface area (Å²) in [5, 5.41) is 10.8. The van der Waals surface area contributed by atoms with Crippen molar-refractivity contribution in [3.05, 3.63) is 48.3 Å². The molecule has 0 saturated carbocycles. The van der Waals surface area contributed by atoms with Gasteiger partial charge in [-0.2, -0.15) is 0 Å². The van der Waals surface area contributed by atoms with Crippen molar-refractivity contribution >= 4 is 5.91 Å². The third-order valence-corrected chi connectivity index (χ3v) is 5.32. The molecule has 2 aromatic rings. The number of carbonyl (C=O) groups is 1. The Morgan fingerprint density at radius 3 is 2.96 bits per heavy atom. The van der Waals surface area contributed by atoms with Crippen LogP contribution in [-0.2, 0) is 11.3 Å². The Morgan fingerprint density at radius 2 is 2.17 bits per heavy atom.